The molecule has 0 radical (unpaired) electrons. The molecule has 28 heavy (non-hydrogen) atoms. The third-order valence-corrected chi connectivity index (χ3v) is 4.22. The Hall–Kier alpha value is -3.61. The molecule has 3 aromatic rings. The molecule has 0 fully saturated rings. The van der Waals surface area contributed by atoms with Crippen LogP contribution in [0, 0.1) is 6.92 Å². The molecule has 0 bridgehead atoms. The normalized spacial score (nSPS) is 11.4. The minimum absolute atomic E-state index is 0.228. The number of para-hydroxylation sites is 1. The molecule has 1 aromatic heterocycles. The Kier molecular flexibility index (Phi) is 5.74. The average Bonchev–Trinajstić information content (AvgIpc) is 3.04. The molecular weight excluding hydrogens is 360 g/mol. The lowest BCUT2D eigenvalue weighted by molar-refractivity contribution is -0.307. The molecule has 0 unspecified atom stereocenters. The number of carboxylic acids is 1. The zero-order chi connectivity index (χ0) is 20.1. The van der Waals surface area contributed by atoms with Crippen molar-refractivity contribution in [3.63, 3.8) is 0 Å². The molecule has 0 atom stereocenters. The van der Waals surface area contributed by atoms with Crippen LogP contribution in [-0.2, 0) is 4.79 Å². The van der Waals surface area contributed by atoms with Crippen molar-refractivity contribution in [3.8, 4) is 5.75 Å². The first-order valence-corrected chi connectivity index (χ1v) is 8.77. The Morgan fingerprint density at radius 3 is 2.50 bits per heavy atom. The molecule has 0 spiro atoms. The van der Waals surface area contributed by atoms with E-state index in [4.69, 9.17) is 9.15 Å². The van der Waals surface area contributed by atoms with Crippen molar-refractivity contribution in [3.05, 3.63) is 65.4 Å². The van der Waals surface area contributed by atoms with Gasteiger partial charge in [-0.1, -0.05) is 25.1 Å². The molecule has 7 heteroatoms. The van der Waals surface area contributed by atoms with Crippen LogP contribution in [0.2, 0.25) is 0 Å². The zero-order valence-corrected chi connectivity index (χ0v) is 15.5. The van der Waals surface area contributed by atoms with E-state index in [-0.39, 0.29) is 5.76 Å². The number of hydrogen-bond donors (Lipinski definition) is 1. The number of nitrogens with zero attached hydrogens (tertiary/aromatic N) is 1. The Balaban J connectivity index is 1.74. The molecule has 2 aromatic carbocycles. The average molecular weight is 379 g/mol. The standard InChI is InChI=1S/C21H20N2O5/c1-3-17(14-8-10-15(11-9-14)27-12-19(24)25)22-23-21(26)20-13(2)16-6-4-5-7-18(16)28-20/h4-11H,3,12H2,1-2H3,(H,23,26)(H,24,25)/p-1/b22-17-. The summed E-state index contributed by atoms with van der Waals surface area (Å²) in [5, 5.41) is 15.5. The van der Waals surface area contributed by atoms with Gasteiger partial charge in [0.25, 0.3) is 0 Å². The highest BCUT2D eigenvalue weighted by Gasteiger charge is 2.17. The second-order valence-corrected chi connectivity index (χ2v) is 6.09. The van der Waals surface area contributed by atoms with Crippen LogP contribution in [0.25, 0.3) is 11.0 Å². The third kappa shape index (κ3) is 4.20. The lowest BCUT2D eigenvalue weighted by Crippen LogP contribution is -2.28. The van der Waals surface area contributed by atoms with E-state index in [9.17, 15) is 14.7 Å². The number of amides is 1. The van der Waals surface area contributed by atoms with Gasteiger partial charge in [-0.25, -0.2) is 5.43 Å². The van der Waals surface area contributed by atoms with E-state index < -0.39 is 18.5 Å². The number of carbonyl (C=O) groups excluding carboxylic acids is 2. The number of hydrazone groups is 1. The smallest absolute Gasteiger partial charge is 0.307 e. The van der Waals surface area contributed by atoms with Crippen molar-refractivity contribution in [2.45, 2.75) is 20.3 Å². The van der Waals surface area contributed by atoms with E-state index in [0.717, 1.165) is 16.5 Å². The second kappa shape index (κ2) is 8.39. The van der Waals surface area contributed by atoms with Crippen LogP contribution in [0.15, 0.2) is 58.0 Å². The van der Waals surface area contributed by atoms with Crippen LogP contribution in [-0.4, -0.2) is 24.2 Å². The number of nitrogens with one attached hydrogen (secondary N) is 1. The summed E-state index contributed by atoms with van der Waals surface area (Å²) in [6, 6.07) is 14.2. The van der Waals surface area contributed by atoms with E-state index >= 15 is 0 Å². The first kappa shape index (κ1) is 19.2. The Labute approximate surface area is 161 Å². The Morgan fingerprint density at radius 1 is 1.14 bits per heavy atom. The van der Waals surface area contributed by atoms with Gasteiger partial charge in [0.2, 0.25) is 0 Å². The summed E-state index contributed by atoms with van der Waals surface area (Å²) in [7, 11) is 0. The third-order valence-electron chi connectivity index (χ3n) is 4.22. The minimum atomic E-state index is -1.29. The summed E-state index contributed by atoms with van der Waals surface area (Å²) in [5.41, 5.74) is 5.40. The summed E-state index contributed by atoms with van der Waals surface area (Å²) in [4.78, 5) is 22.9. The first-order chi connectivity index (χ1) is 13.5. The molecule has 0 aliphatic carbocycles. The van der Waals surface area contributed by atoms with Crippen molar-refractivity contribution in [2.24, 2.45) is 5.10 Å². The molecule has 1 N–H and O–H groups in total. The monoisotopic (exact) mass is 379 g/mol. The van der Waals surface area contributed by atoms with E-state index in [1.54, 1.807) is 24.3 Å². The number of ether oxygens (including phenoxy) is 1. The van der Waals surface area contributed by atoms with Crippen LogP contribution in [0.1, 0.15) is 35.0 Å². The van der Waals surface area contributed by atoms with Gasteiger partial charge < -0.3 is 19.1 Å². The maximum atomic E-state index is 12.5. The van der Waals surface area contributed by atoms with E-state index in [1.165, 1.54) is 0 Å². The van der Waals surface area contributed by atoms with Crippen LogP contribution < -0.4 is 15.3 Å². The van der Waals surface area contributed by atoms with Crippen LogP contribution in [0.3, 0.4) is 0 Å². The molecule has 3 rings (SSSR count). The number of rotatable bonds is 7. The largest absolute Gasteiger partial charge is 0.546 e. The highest BCUT2D eigenvalue weighted by molar-refractivity contribution is 6.03. The van der Waals surface area contributed by atoms with Crippen molar-refractivity contribution < 1.29 is 23.8 Å². The van der Waals surface area contributed by atoms with Gasteiger partial charge >= 0.3 is 5.91 Å². The van der Waals surface area contributed by atoms with E-state index in [0.29, 0.717) is 23.5 Å². The highest BCUT2D eigenvalue weighted by atomic mass is 16.5. The number of aryl methyl sites for hydroxylation is 1. The molecule has 144 valence electrons. The molecular formula is C21H19N2O5-. The quantitative estimate of drug-likeness (QED) is 0.501. The van der Waals surface area contributed by atoms with Crippen LogP contribution in [0.4, 0.5) is 0 Å². The van der Waals surface area contributed by atoms with Crippen LogP contribution >= 0.6 is 0 Å². The topological polar surface area (TPSA) is 104 Å². The van der Waals surface area contributed by atoms with Crippen molar-refractivity contribution in [2.75, 3.05) is 6.61 Å². The van der Waals surface area contributed by atoms with Crippen LogP contribution in [0.5, 0.6) is 5.75 Å². The van der Waals surface area contributed by atoms with Gasteiger partial charge in [0.1, 0.15) is 17.9 Å². The molecule has 1 amide bonds. The molecule has 0 aliphatic rings. The van der Waals surface area contributed by atoms with Crippen molar-refractivity contribution in [1.29, 1.82) is 0 Å². The number of carbonyl (C=O) groups is 2. The maximum absolute atomic E-state index is 12.5. The second-order valence-electron chi connectivity index (χ2n) is 6.09. The van der Waals surface area contributed by atoms with Crippen molar-refractivity contribution >= 4 is 28.6 Å². The van der Waals surface area contributed by atoms with E-state index in [1.807, 2.05) is 38.1 Å². The van der Waals surface area contributed by atoms with Gasteiger partial charge in [0.05, 0.1) is 11.7 Å². The lowest BCUT2D eigenvalue weighted by atomic mass is 10.1. The molecule has 0 aliphatic heterocycles. The number of furan rings is 1. The molecule has 7 nitrogen and oxygen atoms in total. The fourth-order valence-electron chi connectivity index (χ4n) is 2.79. The van der Waals surface area contributed by atoms with Gasteiger partial charge in [-0.15, -0.1) is 0 Å². The summed E-state index contributed by atoms with van der Waals surface area (Å²) in [6.45, 7) is 3.23. The van der Waals surface area contributed by atoms with Gasteiger partial charge in [-0.2, -0.15) is 5.10 Å². The summed E-state index contributed by atoms with van der Waals surface area (Å²) >= 11 is 0. The zero-order valence-electron chi connectivity index (χ0n) is 15.5. The van der Waals surface area contributed by atoms with Gasteiger partial charge in [-0.3, -0.25) is 4.79 Å². The van der Waals surface area contributed by atoms with Gasteiger partial charge in [0, 0.05) is 10.9 Å². The van der Waals surface area contributed by atoms with Crippen molar-refractivity contribution in [1.82, 2.24) is 5.43 Å². The first-order valence-electron chi connectivity index (χ1n) is 8.77. The van der Waals surface area contributed by atoms with Gasteiger partial charge in [-0.05, 0) is 49.2 Å². The number of benzene rings is 2. The highest BCUT2D eigenvalue weighted by Crippen LogP contribution is 2.24. The van der Waals surface area contributed by atoms with E-state index in [2.05, 4.69) is 10.5 Å². The fraction of sp³-hybridized carbons (Fsp3) is 0.190. The summed E-state index contributed by atoms with van der Waals surface area (Å²) in [6.07, 6.45) is 0.582. The summed E-state index contributed by atoms with van der Waals surface area (Å²) < 4.78 is 10.7. The minimum Gasteiger partial charge on any atom is -0.546 e. The lowest BCUT2D eigenvalue weighted by Gasteiger charge is -2.08. The molecule has 0 saturated heterocycles. The number of hydrogen-bond acceptors (Lipinski definition) is 6. The fourth-order valence-corrected chi connectivity index (χ4v) is 2.79. The predicted octanol–water partition coefficient (Wildman–Crippen LogP) is 2.41. The summed E-state index contributed by atoms with van der Waals surface area (Å²) in [5.74, 6) is -1.08. The Bertz CT molecular complexity index is 1030. The number of fused-ring (bicyclic) bond motifs is 1. The predicted molar refractivity (Wildman–Crippen MR) is 102 cm³/mol. The Morgan fingerprint density at radius 2 is 1.86 bits per heavy atom. The van der Waals surface area contributed by atoms with Gasteiger partial charge in [0.15, 0.2) is 5.76 Å². The molecule has 1 heterocycles. The SMILES string of the molecule is CC/C(=N/NC(=O)c1oc2ccccc2c1C)c1ccc(OCC(=O)[O-])cc1. The number of aliphatic carboxylic acids is 1. The number of carboxylic acid groups (broad SMARTS) is 1. The molecule has 0 saturated carbocycles. The maximum Gasteiger partial charge on any atom is 0.307 e.